The quantitative estimate of drug-likeness (QED) is 0.0243. The minimum absolute atomic E-state index is 0.0563. The van der Waals surface area contributed by atoms with Gasteiger partial charge in [-0.25, -0.2) is 4.57 Å². The van der Waals surface area contributed by atoms with E-state index in [0.717, 1.165) is 44.9 Å². The molecular weight excluding hydrogens is 900 g/mol. The Hall–Kier alpha value is -1.54. The molecule has 0 heterocycles. The van der Waals surface area contributed by atoms with Gasteiger partial charge in [0.15, 0.2) is 0 Å². The molecule has 0 aliphatic heterocycles. The van der Waals surface area contributed by atoms with Crippen molar-refractivity contribution in [3.8, 4) is 0 Å². The van der Waals surface area contributed by atoms with Crippen LogP contribution in [-0.2, 0) is 18.4 Å². The molecule has 0 aliphatic carbocycles. The first-order valence-electron chi connectivity index (χ1n) is 30.5. The summed E-state index contributed by atoms with van der Waals surface area (Å²) < 4.78 is 23.7. The van der Waals surface area contributed by atoms with Crippen LogP contribution in [0.4, 0.5) is 0 Å². The monoisotopic (exact) mass is 1020 g/mol. The number of carbonyl (C=O) groups excluding carboxylic acids is 1. The van der Waals surface area contributed by atoms with E-state index in [1.807, 2.05) is 27.2 Å². The molecule has 0 aromatic rings. The fraction of sp³-hybridized carbons (Fsp3) is 0.855. The van der Waals surface area contributed by atoms with Gasteiger partial charge in [0.25, 0.3) is 0 Å². The van der Waals surface area contributed by atoms with E-state index in [0.29, 0.717) is 17.4 Å². The Kier molecular flexibility index (Phi) is 52.1. The third-order valence-corrected chi connectivity index (χ3v) is 14.8. The van der Waals surface area contributed by atoms with Crippen LogP contribution in [0, 0.1) is 0 Å². The van der Waals surface area contributed by atoms with Gasteiger partial charge in [-0.15, -0.1) is 0 Å². The van der Waals surface area contributed by atoms with Gasteiger partial charge in [-0.1, -0.05) is 268 Å². The van der Waals surface area contributed by atoms with Gasteiger partial charge in [0, 0.05) is 6.42 Å². The molecular formula is C62H120N2O6P+. The van der Waals surface area contributed by atoms with Crippen LogP contribution in [0.2, 0.25) is 0 Å². The number of quaternary nitrogens is 1. The van der Waals surface area contributed by atoms with Crippen molar-refractivity contribution in [3.05, 3.63) is 48.6 Å². The van der Waals surface area contributed by atoms with Crippen LogP contribution in [0.1, 0.15) is 290 Å². The summed E-state index contributed by atoms with van der Waals surface area (Å²) in [6.45, 7) is 4.82. The molecule has 0 aliphatic rings. The van der Waals surface area contributed by atoms with Crippen molar-refractivity contribution in [3.63, 3.8) is 0 Å². The summed E-state index contributed by atoms with van der Waals surface area (Å²) >= 11 is 0. The largest absolute Gasteiger partial charge is 0.472 e. The predicted molar refractivity (Wildman–Crippen MR) is 309 cm³/mol. The first-order chi connectivity index (χ1) is 34.5. The third kappa shape index (κ3) is 56.0. The normalized spacial score (nSPS) is 14.2. The molecule has 0 aromatic heterocycles. The van der Waals surface area contributed by atoms with Crippen LogP contribution in [0.5, 0.6) is 0 Å². The van der Waals surface area contributed by atoms with Gasteiger partial charge in [0.05, 0.1) is 39.9 Å². The summed E-state index contributed by atoms with van der Waals surface area (Å²) in [5, 5.41) is 13.9. The second-order valence-corrected chi connectivity index (χ2v) is 23.5. The Balaban J connectivity index is 4.19. The Morgan fingerprint density at radius 2 is 0.817 bits per heavy atom. The number of phosphoric acid groups is 1. The average Bonchev–Trinajstić information content (AvgIpc) is 3.33. The molecule has 0 saturated carbocycles. The van der Waals surface area contributed by atoms with E-state index < -0.39 is 20.0 Å². The number of aliphatic hydroxyl groups is 1. The summed E-state index contributed by atoms with van der Waals surface area (Å²) in [5.74, 6) is -0.184. The fourth-order valence-corrected chi connectivity index (χ4v) is 9.71. The Bertz CT molecular complexity index is 1290. The number of unbranched alkanes of at least 4 members (excludes halogenated alkanes) is 37. The van der Waals surface area contributed by atoms with Crippen molar-refractivity contribution in [1.29, 1.82) is 0 Å². The molecule has 71 heavy (non-hydrogen) atoms. The number of hydrogen-bond donors (Lipinski definition) is 3. The lowest BCUT2D eigenvalue weighted by Crippen LogP contribution is -2.45. The lowest BCUT2D eigenvalue weighted by Gasteiger charge is -2.25. The SMILES string of the molecule is CCCCCCC/C=C\C/C=C\CCCCCCCCCCCCCCCCCC(=O)NC(COP(=O)(O)OCC[N+](C)(C)C)C(O)/C=C/CC/C=C/CCCCCCCCCCCCCCCCCC. The highest BCUT2D eigenvalue weighted by molar-refractivity contribution is 7.47. The molecule has 0 saturated heterocycles. The van der Waals surface area contributed by atoms with Gasteiger partial charge < -0.3 is 19.8 Å². The van der Waals surface area contributed by atoms with Crippen LogP contribution in [0.25, 0.3) is 0 Å². The van der Waals surface area contributed by atoms with Crippen molar-refractivity contribution in [2.45, 2.75) is 302 Å². The molecule has 1 amide bonds. The first-order valence-corrected chi connectivity index (χ1v) is 32.0. The second kappa shape index (κ2) is 53.3. The van der Waals surface area contributed by atoms with Gasteiger partial charge >= 0.3 is 7.82 Å². The van der Waals surface area contributed by atoms with Crippen molar-refractivity contribution in [2.75, 3.05) is 40.9 Å². The van der Waals surface area contributed by atoms with E-state index in [-0.39, 0.29) is 19.1 Å². The van der Waals surface area contributed by atoms with Crippen molar-refractivity contribution < 1.29 is 32.9 Å². The van der Waals surface area contributed by atoms with Crippen LogP contribution in [0.15, 0.2) is 48.6 Å². The molecule has 3 atom stereocenters. The number of hydrogen-bond acceptors (Lipinski definition) is 5. The predicted octanol–water partition coefficient (Wildman–Crippen LogP) is 18.7. The number of amides is 1. The van der Waals surface area contributed by atoms with E-state index in [1.165, 1.54) is 225 Å². The molecule has 0 spiro atoms. The van der Waals surface area contributed by atoms with Gasteiger partial charge in [0.2, 0.25) is 5.91 Å². The molecule has 3 N–H and O–H groups in total. The molecule has 0 rings (SSSR count). The van der Waals surface area contributed by atoms with Gasteiger partial charge in [-0.2, -0.15) is 0 Å². The Morgan fingerprint density at radius 3 is 1.21 bits per heavy atom. The zero-order valence-corrected chi connectivity index (χ0v) is 48.6. The average molecular weight is 1020 g/mol. The Morgan fingerprint density at radius 1 is 0.479 bits per heavy atom. The lowest BCUT2D eigenvalue weighted by atomic mass is 10.0. The lowest BCUT2D eigenvalue weighted by molar-refractivity contribution is -0.870. The maximum absolute atomic E-state index is 13.0. The van der Waals surface area contributed by atoms with E-state index in [9.17, 15) is 19.4 Å². The summed E-state index contributed by atoms with van der Waals surface area (Å²) in [4.78, 5) is 23.3. The number of carbonyl (C=O) groups is 1. The van der Waals surface area contributed by atoms with E-state index in [1.54, 1.807) is 6.08 Å². The van der Waals surface area contributed by atoms with E-state index in [2.05, 4.69) is 55.6 Å². The zero-order valence-electron chi connectivity index (χ0n) is 47.7. The highest BCUT2D eigenvalue weighted by Gasteiger charge is 2.27. The summed E-state index contributed by atoms with van der Waals surface area (Å²) in [6.07, 6.45) is 70.8. The van der Waals surface area contributed by atoms with Gasteiger partial charge in [0.1, 0.15) is 13.2 Å². The number of likely N-dealkylation sites (N-methyl/N-ethyl adjacent to an activating group) is 1. The fourth-order valence-electron chi connectivity index (χ4n) is 8.97. The number of allylic oxidation sites excluding steroid dienone is 7. The van der Waals surface area contributed by atoms with Crippen molar-refractivity contribution in [2.24, 2.45) is 0 Å². The topological polar surface area (TPSA) is 105 Å². The minimum atomic E-state index is -4.36. The first kappa shape index (κ1) is 69.5. The van der Waals surface area contributed by atoms with Crippen LogP contribution < -0.4 is 5.32 Å². The van der Waals surface area contributed by atoms with E-state index >= 15 is 0 Å². The third-order valence-electron chi connectivity index (χ3n) is 13.8. The number of aliphatic hydroxyl groups excluding tert-OH is 1. The summed E-state index contributed by atoms with van der Waals surface area (Å²) in [7, 11) is 1.56. The molecule has 9 heteroatoms. The smallest absolute Gasteiger partial charge is 0.387 e. The summed E-state index contributed by atoms with van der Waals surface area (Å²) in [6, 6.07) is -0.864. The maximum atomic E-state index is 13.0. The number of phosphoric ester groups is 1. The van der Waals surface area contributed by atoms with Crippen molar-refractivity contribution in [1.82, 2.24) is 5.32 Å². The van der Waals surface area contributed by atoms with E-state index in [4.69, 9.17) is 9.05 Å². The molecule has 0 radical (unpaired) electrons. The summed E-state index contributed by atoms with van der Waals surface area (Å²) in [5.41, 5.74) is 0. The standard InChI is InChI=1S/C62H119N2O6P/c1-6-8-10-12-14-16-18-20-22-24-26-28-30-31-32-33-34-36-38-40-42-44-46-48-50-52-54-56-62(66)63-60(59-70-71(67,68)69-58-57-64(3,4)5)61(65)55-53-51-49-47-45-43-41-39-37-35-29-27-25-23-21-19-17-15-13-11-9-7-2/h18,20,24,26,45,47,53,55,60-61,65H,6-17,19,21-23,25,27-44,46,48-52,54,56-59H2,1-5H3,(H-,63,66,67,68)/p+1/b20-18-,26-24-,47-45+,55-53+. The minimum Gasteiger partial charge on any atom is -0.387 e. The molecule has 3 unspecified atom stereocenters. The number of nitrogens with zero attached hydrogens (tertiary/aromatic N) is 1. The van der Waals surface area contributed by atoms with Crippen LogP contribution in [0.3, 0.4) is 0 Å². The molecule has 0 aromatic carbocycles. The molecule has 0 fully saturated rings. The Labute approximate surface area is 441 Å². The van der Waals surface area contributed by atoms with Crippen LogP contribution >= 0.6 is 7.82 Å². The number of rotatable bonds is 56. The molecule has 8 nitrogen and oxygen atoms in total. The van der Waals surface area contributed by atoms with Gasteiger partial charge in [-0.05, 0) is 64.2 Å². The molecule has 418 valence electrons. The second-order valence-electron chi connectivity index (χ2n) is 22.1. The maximum Gasteiger partial charge on any atom is 0.472 e. The molecule has 0 bridgehead atoms. The number of nitrogens with one attached hydrogen (secondary N) is 1. The highest BCUT2D eigenvalue weighted by atomic mass is 31.2. The van der Waals surface area contributed by atoms with Crippen molar-refractivity contribution >= 4 is 13.7 Å². The zero-order chi connectivity index (χ0) is 52.0. The highest BCUT2D eigenvalue weighted by Crippen LogP contribution is 2.43. The van der Waals surface area contributed by atoms with Crippen LogP contribution in [-0.4, -0.2) is 73.4 Å². The van der Waals surface area contributed by atoms with Gasteiger partial charge in [-0.3, -0.25) is 13.8 Å².